The molecule has 8 heteroatoms. The Morgan fingerprint density at radius 3 is 2.23 bits per heavy atom. The molecule has 6 nitrogen and oxygen atoms in total. The van der Waals surface area contributed by atoms with Crippen molar-refractivity contribution < 1.29 is 19.1 Å². The number of carbonyl (C=O) groups is 3. The number of Topliss-reactive ketones (excluding diaryl/α,β-unsaturated/α-hetero) is 1. The van der Waals surface area contributed by atoms with Crippen LogP contribution in [0.4, 0.5) is 0 Å². The van der Waals surface area contributed by atoms with Gasteiger partial charge in [-0.25, -0.2) is 0 Å². The van der Waals surface area contributed by atoms with Crippen molar-refractivity contribution in [3.8, 4) is 5.75 Å². The zero-order valence-electron chi connectivity index (χ0n) is 17.1. The molecule has 0 radical (unpaired) electrons. The van der Waals surface area contributed by atoms with E-state index in [1.54, 1.807) is 30.3 Å². The van der Waals surface area contributed by atoms with Gasteiger partial charge in [-0.15, -0.1) is 0 Å². The molecular weight excluding hydrogens is 427 g/mol. The van der Waals surface area contributed by atoms with Gasteiger partial charge < -0.3 is 4.74 Å². The number of nitrogens with one attached hydrogen (secondary N) is 2. The molecule has 0 aliphatic carbocycles. The van der Waals surface area contributed by atoms with Gasteiger partial charge in [0.25, 0.3) is 5.78 Å². The summed E-state index contributed by atoms with van der Waals surface area (Å²) in [6.07, 6.45) is 0.489. The molecule has 160 valence electrons. The molecule has 0 unspecified atom stereocenters. The number of hydrazine groups is 1. The predicted molar refractivity (Wildman–Crippen MR) is 117 cm³/mol. The summed E-state index contributed by atoms with van der Waals surface area (Å²) in [6.45, 7) is 6.42. The van der Waals surface area contributed by atoms with Crippen molar-refractivity contribution >= 4 is 40.8 Å². The van der Waals surface area contributed by atoms with E-state index in [1.165, 1.54) is 0 Å². The monoisotopic (exact) mass is 450 g/mol. The van der Waals surface area contributed by atoms with Crippen LogP contribution in [0.1, 0.15) is 49.5 Å². The Morgan fingerprint density at radius 1 is 0.967 bits per heavy atom. The largest absolute Gasteiger partial charge is 0.492 e. The Kier molecular flexibility index (Phi) is 8.26. The summed E-state index contributed by atoms with van der Waals surface area (Å²) in [5.74, 6) is -1.60. The van der Waals surface area contributed by atoms with Gasteiger partial charge in [0, 0.05) is 17.0 Å². The summed E-state index contributed by atoms with van der Waals surface area (Å²) in [4.78, 5) is 36.0. The van der Waals surface area contributed by atoms with Crippen molar-refractivity contribution in [3.05, 3.63) is 63.6 Å². The molecule has 2 aromatic rings. The Morgan fingerprint density at radius 2 is 1.63 bits per heavy atom. The van der Waals surface area contributed by atoms with Crippen LogP contribution in [0.3, 0.4) is 0 Å². The van der Waals surface area contributed by atoms with Crippen molar-refractivity contribution in [2.24, 2.45) is 0 Å². The van der Waals surface area contributed by atoms with Crippen LogP contribution in [0.5, 0.6) is 5.75 Å². The fourth-order valence-electron chi connectivity index (χ4n) is 2.51. The first-order valence-electron chi connectivity index (χ1n) is 9.40. The third-order valence-electron chi connectivity index (χ3n) is 4.23. The van der Waals surface area contributed by atoms with E-state index in [9.17, 15) is 14.4 Å². The van der Waals surface area contributed by atoms with Crippen LogP contribution in [0.25, 0.3) is 0 Å². The highest BCUT2D eigenvalue weighted by atomic mass is 35.5. The molecule has 0 heterocycles. The smallest absolute Gasteiger partial charge is 0.310 e. The van der Waals surface area contributed by atoms with E-state index >= 15 is 0 Å². The second kappa shape index (κ2) is 10.5. The average molecular weight is 451 g/mol. The van der Waals surface area contributed by atoms with Gasteiger partial charge in [-0.05, 0) is 35.6 Å². The van der Waals surface area contributed by atoms with E-state index in [0.29, 0.717) is 22.2 Å². The normalized spacial score (nSPS) is 11.0. The summed E-state index contributed by atoms with van der Waals surface area (Å²) in [6, 6.07) is 11.7. The van der Waals surface area contributed by atoms with Gasteiger partial charge in [0.15, 0.2) is 0 Å². The third kappa shape index (κ3) is 7.04. The quantitative estimate of drug-likeness (QED) is 0.281. The summed E-state index contributed by atoms with van der Waals surface area (Å²) >= 11 is 11.8. The summed E-state index contributed by atoms with van der Waals surface area (Å²) in [7, 11) is 0. The minimum atomic E-state index is -0.906. The van der Waals surface area contributed by atoms with Gasteiger partial charge in [-0.2, -0.15) is 0 Å². The zero-order valence-corrected chi connectivity index (χ0v) is 18.6. The number of benzene rings is 2. The fourth-order valence-corrected chi connectivity index (χ4v) is 2.97. The van der Waals surface area contributed by atoms with Crippen LogP contribution < -0.4 is 15.6 Å². The maximum absolute atomic E-state index is 12.2. The molecule has 0 bridgehead atoms. The molecule has 0 spiro atoms. The maximum atomic E-state index is 12.2. The lowest BCUT2D eigenvalue weighted by Gasteiger charge is -2.18. The number of hydrogen-bond acceptors (Lipinski definition) is 4. The first-order valence-corrected chi connectivity index (χ1v) is 10.2. The average Bonchev–Trinajstić information content (AvgIpc) is 2.69. The molecule has 2 N–H and O–H groups in total. The molecule has 0 aliphatic heterocycles. The molecular formula is C22H24Cl2N2O4. The van der Waals surface area contributed by atoms with Crippen LogP contribution in [0.2, 0.25) is 10.0 Å². The SMILES string of the molecule is CC(C)(C)c1ccc(C(=O)C(=O)NNC(=O)CCCOc2ccc(Cl)cc2Cl)cc1. The Labute approximate surface area is 185 Å². The molecule has 0 saturated carbocycles. The molecule has 0 fully saturated rings. The fraction of sp³-hybridized carbons (Fsp3) is 0.318. The molecule has 0 atom stereocenters. The lowest BCUT2D eigenvalue weighted by atomic mass is 9.86. The molecule has 2 amide bonds. The highest BCUT2D eigenvalue weighted by Gasteiger charge is 2.19. The number of halogens is 2. The van der Waals surface area contributed by atoms with E-state index in [0.717, 1.165) is 5.56 Å². The summed E-state index contributed by atoms with van der Waals surface area (Å²) in [5, 5.41) is 0.885. The number of hydrogen-bond donors (Lipinski definition) is 2. The second-order valence-electron chi connectivity index (χ2n) is 7.69. The first-order chi connectivity index (χ1) is 14.1. The third-order valence-corrected chi connectivity index (χ3v) is 4.76. The predicted octanol–water partition coefficient (Wildman–Crippen LogP) is 4.48. The van der Waals surface area contributed by atoms with Gasteiger partial charge in [0.2, 0.25) is 5.91 Å². The highest BCUT2D eigenvalue weighted by Crippen LogP contribution is 2.27. The van der Waals surface area contributed by atoms with Crippen molar-refractivity contribution in [1.82, 2.24) is 10.9 Å². The number of ketones is 1. The molecule has 2 rings (SSSR count). The van der Waals surface area contributed by atoms with Crippen molar-refractivity contribution in [1.29, 1.82) is 0 Å². The topological polar surface area (TPSA) is 84.5 Å². The molecule has 0 aromatic heterocycles. The summed E-state index contributed by atoms with van der Waals surface area (Å²) in [5.41, 5.74) is 5.61. The van der Waals surface area contributed by atoms with Crippen LogP contribution in [-0.4, -0.2) is 24.2 Å². The maximum Gasteiger partial charge on any atom is 0.310 e. The van der Waals surface area contributed by atoms with E-state index in [4.69, 9.17) is 27.9 Å². The van der Waals surface area contributed by atoms with Crippen LogP contribution in [-0.2, 0) is 15.0 Å². The van der Waals surface area contributed by atoms with Crippen molar-refractivity contribution in [2.75, 3.05) is 6.61 Å². The number of rotatable bonds is 7. The Hall–Kier alpha value is -2.57. The molecule has 0 aliphatic rings. The summed E-state index contributed by atoms with van der Waals surface area (Å²) < 4.78 is 5.49. The van der Waals surface area contributed by atoms with Gasteiger partial charge in [-0.3, -0.25) is 25.2 Å². The lowest BCUT2D eigenvalue weighted by Crippen LogP contribution is -2.44. The lowest BCUT2D eigenvalue weighted by molar-refractivity contribution is -0.126. The van der Waals surface area contributed by atoms with Crippen molar-refractivity contribution in [3.63, 3.8) is 0 Å². The molecule has 0 saturated heterocycles. The molecule has 2 aromatic carbocycles. The van der Waals surface area contributed by atoms with Gasteiger partial charge in [0.1, 0.15) is 5.75 Å². The van der Waals surface area contributed by atoms with Gasteiger partial charge >= 0.3 is 5.91 Å². The van der Waals surface area contributed by atoms with E-state index in [1.807, 2.05) is 12.1 Å². The van der Waals surface area contributed by atoms with Crippen molar-refractivity contribution in [2.45, 2.75) is 39.0 Å². The van der Waals surface area contributed by atoms with E-state index < -0.39 is 17.6 Å². The van der Waals surface area contributed by atoms with Crippen LogP contribution in [0.15, 0.2) is 42.5 Å². The Bertz CT molecular complexity index is 922. The second-order valence-corrected chi connectivity index (χ2v) is 8.53. The molecule has 30 heavy (non-hydrogen) atoms. The standard InChI is InChI=1S/C22H24Cl2N2O4/c1-22(2,3)15-8-6-14(7-9-15)20(28)21(29)26-25-19(27)5-4-12-30-18-11-10-16(23)13-17(18)24/h6-11,13H,4-5,12H2,1-3H3,(H,25,27)(H,26,29). The number of carbonyl (C=O) groups excluding carboxylic acids is 3. The first kappa shape index (κ1) is 23.7. The van der Waals surface area contributed by atoms with E-state index in [-0.39, 0.29) is 24.0 Å². The van der Waals surface area contributed by atoms with Crippen LogP contribution in [0, 0.1) is 0 Å². The zero-order chi connectivity index (χ0) is 22.3. The Balaban J connectivity index is 1.73. The number of amides is 2. The van der Waals surface area contributed by atoms with Crippen LogP contribution >= 0.6 is 23.2 Å². The van der Waals surface area contributed by atoms with Gasteiger partial charge in [-0.1, -0.05) is 68.2 Å². The van der Waals surface area contributed by atoms with E-state index in [2.05, 4.69) is 31.6 Å². The number of ether oxygens (including phenoxy) is 1. The highest BCUT2D eigenvalue weighted by molar-refractivity contribution is 6.42. The minimum Gasteiger partial charge on any atom is -0.492 e. The van der Waals surface area contributed by atoms with Gasteiger partial charge in [0.05, 0.1) is 11.6 Å². The minimum absolute atomic E-state index is 0.0551.